The van der Waals surface area contributed by atoms with E-state index in [1.54, 1.807) is 6.08 Å². The molecular formula is C7H8ClN. The van der Waals surface area contributed by atoms with Crippen LogP contribution >= 0.6 is 11.6 Å². The molecule has 0 bridgehead atoms. The molecule has 0 saturated heterocycles. The molecule has 1 heterocycles. The van der Waals surface area contributed by atoms with E-state index in [2.05, 4.69) is 11.9 Å². The number of hydrogen-bond acceptors (Lipinski definition) is 1. The van der Waals surface area contributed by atoms with Gasteiger partial charge in [-0.3, -0.25) is 0 Å². The summed E-state index contributed by atoms with van der Waals surface area (Å²) >= 11 is 5.60. The standard InChI is InChI=1S/C7H8ClN/c1-6-2-3-7(8)9-5-4-6/h2-3,5H,4H2,1H3. The molecule has 1 rings (SSSR count). The van der Waals surface area contributed by atoms with E-state index in [-0.39, 0.29) is 0 Å². The molecule has 9 heavy (non-hydrogen) atoms. The smallest absolute Gasteiger partial charge is 0.128 e. The van der Waals surface area contributed by atoms with E-state index in [4.69, 9.17) is 11.6 Å². The number of rotatable bonds is 0. The van der Waals surface area contributed by atoms with Gasteiger partial charge in [0.25, 0.3) is 0 Å². The summed E-state index contributed by atoms with van der Waals surface area (Å²) in [5.74, 6) is 0. The summed E-state index contributed by atoms with van der Waals surface area (Å²) in [6.45, 7) is 2.05. The molecule has 1 aliphatic heterocycles. The maximum absolute atomic E-state index is 5.60. The zero-order valence-electron chi connectivity index (χ0n) is 5.26. The quantitative estimate of drug-likeness (QED) is 0.460. The second-order valence-corrected chi connectivity index (χ2v) is 2.41. The molecule has 0 aromatic heterocycles. The van der Waals surface area contributed by atoms with Crippen molar-refractivity contribution in [2.75, 3.05) is 0 Å². The van der Waals surface area contributed by atoms with Crippen LogP contribution in [0.1, 0.15) is 13.3 Å². The van der Waals surface area contributed by atoms with Crippen LogP contribution in [-0.4, -0.2) is 6.21 Å². The van der Waals surface area contributed by atoms with E-state index in [1.165, 1.54) is 5.57 Å². The Morgan fingerprint density at radius 3 is 3.11 bits per heavy atom. The monoisotopic (exact) mass is 141 g/mol. The predicted octanol–water partition coefficient (Wildman–Crippen LogP) is 2.49. The van der Waals surface area contributed by atoms with Gasteiger partial charge in [0.2, 0.25) is 0 Å². The van der Waals surface area contributed by atoms with E-state index in [1.807, 2.05) is 12.3 Å². The van der Waals surface area contributed by atoms with E-state index in [0.29, 0.717) is 5.16 Å². The molecule has 0 amide bonds. The Hall–Kier alpha value is -0.560. The minimum absolute atomic E-state index is 0.562. The van der Waals surface area contributed by atoms with Crippen molar-refractivity contribution < 1.29 is 0 Å². The molecule has 0 N–H and O–H groups in total. The number of allylic oxidation sites excluding steroid dienone is 3. The molecule has 0 unspecified atom stereocenters. The van der Waals surface area contributed by atoms with Gasteiger partial charge in [0, 0.05) is 12.6 Å². The van der Waals surface area contributed by atoms with E-state index >= 15 is 0 Å². The van der Waals surface area contributed by atoms with Gasteiger partial charge in [-0.05, 0) is 13.0 Å². The Labute approximate surface area is 59.7 Å². The molecule has 1 nitrogen and oxygen atoms in total. The third kappa shape index (κ3) is 2.02. The largest absolute Gasteiger partial charge is 0.249 e. The first-order valence-corrected chi connectivity index (χ1v) is 3.22. The lowest BCUT2D eigenvalue weighted by molar-refractivity contribution is 1.29. The lowest BCUT2D eigenvalue weighted by atomic mass is 10.2. The average molecular weight is 142 g/mol. The number of aliphatic imine (C=N–C) groups is 1. The van der Waals surface area contributed by atoms with Gasteiger partial charge < -0.3 is 0 Å². The highest BCUT2D eigenvalue weighted by atomic mass is 35.5. The van der Waals surface area contributed by atoms with Crippen LogP contribution in [0.4, 0.5) is 0 Å². The average Bonchev–Trinajstić information content (AvgIpc) is 1.97. The van der Waals surface area contributed by atoms with Crippen LogP contribution in [0.25, 0.3) is 0 Å². The van der Waals surface area contributed by atoms with Crippen molar-refractivity contribution in [1.82, 2.24) is 0 Å². The number of hydrogen-bond donors (Lipinski definition) is 0. The van der Waals surface area contributed by atoms with Crippen LogP contribution in [0.3, 0.4) is 0 Å². The fraction of sp³-hybridized carbons (Fsp3) is 0.286. The molecular weight excluding hydrogens is 134 g/mol. The molecule has 2 heteroatoms. The summed E-state index contributed by atoms with van der Waals surface area (Å²) < 4.78 is 0. The van der Waals surface area contributed by atoms with Crippen LogP contribution in [0.2, 0.25) is 0 Å². The van der Waals surface area contributed by atoms with Crippen LogP contribution in [-0.2, 0) is 0 Å². The SMILES string of the molecule is CC1=CC=C(Cl)N=CC1. The Kier molecular flexibility index (Phi) is 2.06. The number of halogens is 1. The topological polar surface area (TPSA) is 12.4 Å². The summed E-state index contributed by atoms with van der Waals surface area (Å²) in [5, 5.41) is 0.562. The normalized spacial score (nSPS) is 18.4. The summed E-state index contributed by atoms with van der Waals surface area (Å²) in [6.07, 6.45) is 6.51. The zero-order chi connectivity index (χ0) is 6.69. The fourth-order valence-electron chi connectivity index (χ4n) is 0.599. The summed E-state index contributed by atoms with van der Waals surface area (Å²) in [5.41, 5.74) is 1.29. The Morgan fingerprint density at radius 1 is 1.56 bits per heavy atom. The van der Waals surface area contributed by atoms with Crippen molar-refractivity contribution in [3.8, 4) is 0 Å². The zero-order valence-corrected chi connectivity index (χ0v) is 6.02. The third-order valence-corrected chi connectivity index (χ3v) is 1.36. The molecule has 1 aliphatic rings. The summed E-state index contributed by atoms with van der Waals surface area (Å²) in [6, 6.07) is 0. The molecule has 0 aromatic carbocycles. The van der Waals surface area contributed by atoms with Crippen LogP contribution < -0.4 is 0 Å². The van der Waals surface area contributed by atoms with Crippen LogP contribution in [0, 0.1) is 0 Å². The molecule has 0 aromatic rings. The van der Waals surface area contributed by atoms with Gasteiger partial charge in [-0.25, -0.2) is 4.99 Å². The summed E-state index contributed by atoms with van der Waals surface area (Å²) in [4.78, 5) is 3.92. The van der Waals surface area contributed by atoms with Crippen molar-refractivity contribution in [3.05, 3.63) is 22.9 Å². The molecule has 0 spiro atoms. The predicted molar refractivity (Wildman–Crippen MR) is 40.8 cm³/mol. The van der Waals surface area contributed by atoms with E-state index in [0.717, 1.165) is 6.42 Å². The van der Waals surface area contributed by atoms with Crippen molar-refractivity contribution in [3.63, 3.8) is 0 Å². The minimum atomic E-state index is 0.562. The van der Waals surface area contributed by atoms with Gasteiger partial charge in [0.1, 0.15) is 5.16 Å². The maximum Gasteiger partial charge on any atom is 0.128 e. The van der Waals surface area contributed by atoms with Crippen molar-refractivity contribution in [2.24, 2.45) is 4.99 Å². The molecule has 0 radical (unpaired) electrons. The molecule has 0 saturated carbocycles. The highest BCUT2D eigenvalue weighted by Gasteiger charge is 1.90. The van der Waals surface area contributed by atoms with Gasteiger partial charge in [-0.15, -0.1) is 0 Å². The Morgan fingerprint density at radius 2 is 2.33 bits per heavy atom. The fourth-order valence-corrected chi connectivity index (χ4v) is 0.731. The second kappa shape index (κ2) is 2.83. The van der Waals surface area contributed by atoms with Crippen LogP contribution in [0.5, 0.6) is 0 Å². The Balaban J connectivity index is 2.80. The van der Waals surface area contributed by atoms with Gasteiger partial charge in [-0.2, -0.15) is 0 Å². The lowest BCUT2D eigenvalue weighted by Crippen LogP contribution is -1.73. The van der Waals surface area contributed by atoms with Crippen molar-refractivity contribution >= 4 is 17.8 Å². The first-order valence-electron chi connectivity index (χ1n) is 2.84. The molecule has 0 atom stereocenters. The van der Waals surface area contributed by atoms with Crippen molar-refractivity contribution in [2.45, 2.75) is 13.3 Å². The first kappa shape index (κ1) is 6.56. The first-order chi connectivity index (χ1) is 4.29. The molecule has 0 aliphatic carbocycles. The van der Waals surface area contributed by atoms with Gasteiger partial charge in [0.15, 0.2) is 0 Å². The molecule has 48 valence electrons. The van der Waals surface area contributed by atoms with Gasteiger partial charge >= 0.3 is 0 Å². The van der Waals surface area contributed by atoms with Crippen LogP contribution in [0.15, 0.2) is 27.9 Å². The lowest BCUT2D eigenvalue weighted by Gasteiger charge is -1.85. The van der Waals surface area contributed by atoms with E-state index in [9.17, 15) is 0 Å². The number of nitrogens with zero attached hydrogens (tertiary/aromatic N) is 1. The highest BCUT2D eigenvalue weighted by Crippen LogP contribution is 2.09. The van der Waals surface area contributed by atoms with Gasteiger partial charge in [0.05, 0.1) is 0 Å². The maximum atomic E-state index is 5.60. The minimum Gasteiger partial charge on any atom is -0.249 e. The Bertz CT molecular complexity index is 189. The third-order valence-electron chi connectivity index (χ3n) is 1.13. The molecule has 0 fully saturated rings. The van der Waals surface area contributed by atoms with Gasteiger partial charge in [-0.1, -0.05) is 23.3 Å². The van der Waals surface area contributed by atoms with Crippen molar-refractivity contribution in [1.29, 1.82) is 0 Å². The summed E-state index contributed by atoms with van der Waals surface area (Å²) in [7, 11) is 0. The second-order valence-electron chi connectivity index (χ2n) is 2.02. The highest BCUT2D eigenvalue weighted by molar-refractivity contribution is 6.29. The van der Waals surface area contributed by atoms with E-state index < -0.39 is 0 Å².